The minimum atomic E-state index is 0.00491. The van der Waals surface area contributed by atoms with Gasteiger partial charge in [-0.15, -0.1) is 0 Å². The highest BCUT2D eigenvalue weighted by molar-refractivity contribution is 6.31. The molecule has 1 aliphatic heterocycles. The van der Waals surface area contributed by atoms with Crippen LogP contribution in [0.3, 0.4) is 0 Å². The molecule has 0 amide bonds. The van der Waals surface area contributed by atoms with Crippen LogP contribution in [0, 0.1) is 6.92 Å². The van der Waals surface area contributed by atoms with Crippen LogP contribution < -0.4 is 0 Å². The van der Waals surface area contributed by atoms with E-state index in [9.17, 15) is 4.79 Å². The molecule has 0 saturated carbocycles. The van der Waals surface area contributed by atoms with Crippen molar-refractivity contribution in [3.63, 3.8) is 0 Å². The van der Waals surface area contributed by atoms with Crippen molar-refractivity contribution in [2.45, 2.75) is 39.2 Å². The molecular weight excluding hydrogens is 358 g/mol. The molecule has 3 nitrogen and oxygen atoms in total. The van der Waals surface area contributed by atoms with E-state index in [4.69, 9.17) is 16.0 Å². The number of hydrogen-bond donors (Lipinski definition) is 0. The van der Waals surface area contributed by atoms with Gasteiger partial charge in [-0.25, -0.2) is 0 Å². The fourth-order valence-electron chi connectivity index (χ4n) is 3.89. The lowest BCUT2D eigenvalue weighted by atomic mass is 10.0. The zero-order valence-electron chi connectivity index (χ0n) is 15.8. The van der Waals surface area contributed by atoms with Crippen molar-refractivity contribution in [3.05, 3.63) is 69.9 Å². The number of nitrogens with zero attached hydrogens (tertiary/aromatic N) is 1. The molecule has 0 N–H and O–H groups in total. The van der Waals surface area contributed by atoms with Gasteiger partial charge in [0.25, 0.3) is 0 Å². The fourth-order valence-corrected chi connectivity index (χ4v) is 4.01. The van der Waals surface area contributed by atoms with Crippen LogP contribution in [0.15, 0.2) is 46.9 Å². The van der Waals surface area contributed by atoms with Crippen LogP contribution in [-0.2, 0) is 6.42 Å². The van der Waals surface area contributed by atoms with Gasteiger partial charge < -0.3 is 9.32 Å². The molecule has 0 radical (unpaired) electrons. The van der Waals surface area contributed by atoms with Crippen molar-refractivity contribution in [2.24, 2.45) is 0 Å². The Kier molecular flexibility index (Phi) is 5.07. The molecule has 1 atom stereocenters. The van der Waals surface area contributed by atoms with Crippen molar-refractivity contribution in [2.75, 3.05) is 13.1 Å². The van der Waals surface area contributed by atoms with Gasteiger partial charge in [-0.2, -0.15) is 0 Å². The average Bonchev–Trinajstić information content (AvgIpc) is 3.26. The number of carbonyl (C=O) groups is 1. The van der Waals surface area contributed by atoms with Crippen LogP contribution in [0.2, 0.25) is 5.02 Å². The second kappa shape index (κ2) is 7.49. The second-order valence-electron chi connectivity index (χ2n) is 7.54. The van der Waals surface area contributed by atoms with Crippen LogP contribution >= 0.6 is 11.6 Å². The molecule has 2 heterocycles. The van der Waals surface area contributed by atoms with Gasteiger partial charge in [0.15, 0.2) is 5.78 Å². The number of furan rings is 1. The molecule has 0 spiro atoms. The third-order valence-electron chi connectivity index (χ3n) is 5.59. The van der Waals surface area contributed by atoms with Crippen molar-refractivity contribution in [3.8, 4) is 0 Å². The van der Waals surface area contributed by atoms with E-state index < -0.39 is 0 Å². The summed E-state index contributed by atoms with van der Waals surface area (Å²) < 4.78 is 5.98. The first-order valence-electron chi connectivity index (χ1n) is 9.58. The summed E-state index contributed by atoms with van der Waals surface area (Å²) in [5.74, 6) is 0.987. The number of aryl methyl sites for hydroxylation is 1. The quantitative estimate of drug-likeness (QED) is 0.535. The number of fused-ring (bicyclic) bond motifs is 1. The first kappa shape index (κ1) is 18.3. The maximum absolute atomic E-state index is 12.8. The van der Waals surface area contributed by atoms with E-state index in [0.29, 0.717) is 22.2 Å². The summed E-state index contributed by atoms with van der Waals surface area (Å²) in [7, 11) is 0. The summed E-state index contributed by atoms with van der Waals surface area (Å²) in [4.78, 5) is 15.3. The molecule has 0 aliphatic carbocycles. The van der Waals surface area contributed by atoms with E-state index >= 15 is 0 Å². The molecule has 4 rings (SSSR count). The largest absolute Gasteiger partial charge is 0.461 e. The zero-order valence-corrected chi connectivity index (χ0v) is 16.6. The van der Waals surface area contributed by atoms with Crippen LogP contribution in [-0.4, -0.2) is 29.8 Å². The van der Waals surface area contributed by atoms with Gasteiger partial charge >= 0.3 is 0 Å². The Labute approximate surface area is 164 Å². The molecule has 140 valence electrons. The van der Waals surface area contributed by atoms with Crippen molar-refractivity contribution in [1.82, 2.24) is 4.90 Å². The number of rotatable bonds is 5. The normalized spacial score (nSPS) is 17.7. The Hall–Kier alpha value is -2.10. The first-order chi connectivity index (χ1) is 13.0. The number of halogens is 1. The van der Waals surface area contributed by atoms with Crippen LogP contribution in [0.5, 0.6) is 0 Å². The van der Waals surface area contributed by atoms with Gasteiger partial charge in [-0.3, -0.25) is 4.79 Å². The third-order valence-corrected chi connectivity index (χ3v) is 6.01. The van der Waals surface area contributed by atoms with E-state index in [2.05, 4.69) is 17.9 Å². The summed E-state index contributed by atoms with van der Waals surface area (Å²) in [5, 5.41) is 1.66. The summed E-state index contributed by atoms with van der Waals surface area (Å²) >= 11 is 6.07. The SMILES string of the molecule is Cc1cc(C(=O)c2ccc3oc(CCN4CCC[C@H]4C)cc3c2)ccc1Cl. The summed E-state index contributed by atoms with van der Waals surface area (Å²) in [6.45, 7) is 6.41. The average molecular weight is 382 g/mol. The fraction of sp³-hybridized carbons (Fsp3) is 0.348. The Morgan fingerprint density at radius 3 is 2.70 bits per heavy atom. The Morgan fingerprint density at radius 2 is 1.96 bits per heavy atom. The highest BCUT2D eigenvalue weighted by Gasteiger charge is 2.20. The van der Waals surface area contributed by atoms with E-state index in [1.54, 1.807) is 12.1 Å². The smallest absolute Gasteiger partial charge is 0.193 e. The predicted molar refractivity (Wildman–Crippen MR) is 110 cm³/mol. The van der Waals surface area contributed by atoms with Crippen molar-refractivity contribution < 1.29 is 9.21 Å². The number of hydrogen-bond acceptors (Lipinski definition) is 3. The molecule has 4 heteroatoms. The Bertz CT molecular complexity index is 991. The maximum Gasteiger partial charge on any atom is 0.193 e. The van der Waals surface area contributed by atoms with Gasteiger partial charge in [-0.1, -0.05) is 11.6 Å². The second-order valence-corrected chi connectivity index (χ2v) is 7.94. The van der Waals surface area contributed by atoms with E-state index in [0.717, 1.165) is 35.3 Å². The Balaban J connectivity index is 1.53. The molecule has 1 aromatic heterocycles. The number of likely N-dealkylation sites (tertiary alicyclic amines) is 1. The molecule has 0 unspecified atom stereocenters. The first-order valence-corrected chi connectivity index (χ1v) is 9.96. The van der Waals surface area contributed by atoms with Crippen molar-refractivity contribution in [1.29, 1.82) is 0 Å². The molecule has 0 bridgehead atoms. The van der Waals surface area contributed by atoms with Gasteiger partial charge in [0.2, 0.25) is 0 Å². The van der Waals surface area contributed by atoms with Gasteiger partial charge in [0.1, 0.15) is 11.3 Å². The monoisotopic (exact) mass is 381 g/mol. The summed E-state index contributed by atoms with van der Waals surface area (Å²) in [5.41, 5.74) is 3.07. The lowest BCUT2D eigenvalue weighted by Crippen LogP contribution is -2.28. The molecule has 27 heavy (non-hydrogen) atoms. The lowest BCUT2D eigenvalue weighted by Gasteiger charge is -2.19. The molecule has 1 saturated heterocycles. The molecule has 2 aromatic carbocycles. The Morgan fingerprint density at radius 1 is 1.19 bits per heavy atom. The van der Waals surface area contributed by atoms with E-state index in [-0.39, 0.29) is 5.78 Å². The number of carbonyl (C=O) groups excluding carboxylic acids is 1. The minimum absolute atomic E-state index is 0.00491. The third kappa shape index (κ3) is 3.80. The molecule has 1 aliphatic rings. The summed E-state index contributed by atoms with van der Waals surface area (Å²) in [6, 6.07) is 13.8. The zero-order chi connectivity index (χ0) is 19.0. The topological polar surface area (TPSA) is 33.5 Å². The highest BCUT2D eigenvalue weighted by Crippen LogP contribution is 2.25. The van der Waals surface area contributed by atoms with E-state index in [1.807, 2.05) is 31.2 Å². The standard InChI is InChI=1S/C23H24ClNO2/c1-15-12-17(5-7-21(15)24)23(26)18-6-8-22-19(13-18)14-20(27-22)9-11-25-10-3-4-16(25)2/h5-8,12-14,16H,3-4,9-11H2,1-2H3/t16-/m1/s1. The number of benzene rings is 2. The molecule has 3 aromatic rings. The molecular formula is C23H24ClNO2. The van der Waals surface area contributed by atoms with Crippen LogP contribution in [0.4, 0.5) is 0 Å². The van der Waals surface area contributed by atoms with Crippen LogP contribution in [0.1, 0.15) is 47.0 Å². The summed E-state index contributed by atoms with van der Waals surface area (Å²) in [6.07, 6.45) is 3.48. The number of ketones is 1. The van der Waals surface area contributed by atoms with Gasteiger partial charge in [-0.05, 0) is 81.3 Å². The van der Waals surface area contributed by atoms with Crippen molar-refractivity contribution >= 4 is 28.4 Å². The minimum Gasteiger partial charge on any atom is -0.461 e. The van der Waals surface area contributed by atoms with E-state index in [1.165, 1.54) is 19.4 Å². The molecule has 1 fully saturated rings. The van der Waals surface area contributed by atoms with Gasteiger partial charge in [0.05, 0.1) is 0 Å². The van der Waals surface area contributed by atoms with Crippen LogP contribution in [0.25, 0.3) is 11.0 Å². The predicted octanol–water partition coefficient (Wildman–Crippen LogP) is 5.65. The lowest BCUT2D eigenvalue weighted by molar-refractivity contribution is 0.103. The van der Waals surface area contributed by atoms with Gasteiger partial charge in [0, 0.05) is 40.5 Å². The maximum atomic E-state index is 12.8. The highest BCUT2D eigenvalue weighted by atomic mass is 35.5.